The molecule has 0 radical (unpaired) electrons. The highest BCUT2D eigenvalue weighted by Gasteiger charge is 2.27. The number of hydrogen-bond acceptors (Lipinski definition) is 1. The van der Waals surface area contributed by atoms with E-state index in [1.807, 2.05) is 18.2 Å². The molecule has 2 rings (SSSR count). The van der Waals surface area contributed by atoms with Crippen LogP contribution < -0.4 is 5.32 Å². The smallest absolute Gasteiger partial charge is 0.220 e. The van der Waals surface area contributed by atoms with Crippen molar-refractivity contribution in [2.75, 3.05) is 0 Å². The van der Waals surface area contributed by atoms with Crippen LogP contribution in [0, 0.1) is 11.8 Å². The largest absolute Gasteiger partial charge is 0.353 e. The lowest BCUT2D eigenvalue weighted by Gasteiger charge is -2.34. The van der Waals surface area contributed by atoms with Crippen LogP contribution in [0.5, 0.6) is 0 Å². The lowest BCUT2D eigenvalue weighted by molar-refractivity contribution is -0.122. The molecule has 0 aromatic heterocycles. The van der Waals surface area contributed by atoms with Gasteiger partial charge in [-0.2, -0.15) is 0 Å². The third-order valence-corrected chi connectivity index (χ3v) is 4.54. The van der Waals surface area contributed by atoms with E-state index in [9.17, 15) is 4.79 Å². The molecular formula is C17H25NO. The molecule has 0 aliphatic heterocycles. The van der Waals surface area contributed by atoms with Crippen molar-refractivity contribution in [3.05, 3.63) is 35.9 Å². The number of amides is 1. The molecule has 1 saturated carbocycles. The Kier molecular flexibility index (Phi) is 5.00. The van der Waals surface area contributed by atoms with Crippen molar-refractivity contribution in [2.24, 2.45) is 11.8 Å². The summed E-state index contributed by atoms with van der Waals surface area (Å²) in [6.45, 7) is 4.57. The average Bonchev–Trinajstić information content (AvgIpc) is 2.43. The van der Waals surface area contributed by atoms with E-state index in [1.54, 1.807) is 0 Å². The van der Waals surface area contributed by atoms with E-state index < -0.39 is 0 Å². The Bertz CT molecular complexity index is 401. The topological polar surface area (TPSA) is 29.1 Å². The predicted molar refractivity (Wildman–Crippen MR) is 78.9 cm³/mol. The van der Waals surface area contributed by atoms with Crippen LogP contribution in [0.2, 0.25) is 0 Å². The fourth-order valence-electron chi connectivity index (χ4n) is 2.97. The molecule has 1 aliphatic carbocycles. The van der Waals surface area contributed by atoms with Crippen molar-refractivity contribution in [3.63, 3.8) is 0 Å². The monoisotopic (exact) mass is 259 g/mol. The van der Waals surface area contributed by atoms with Crippen molar-refractivity contribution < 1.29 is 4.79 Å². The molecule has 0 bridgehead atoms. The summed E-state index contributed by atoms with van der Waals surface area (Å²) in [7, 11) is 0. The molecule has 3 atom stereocenters. The normalized spacial score (nSPS) is 26.9. The zero-order valence-electron chi connectivity index (χ0n) is 12.1. The number of rotatable bonds is 4. The Morgan fingerprint density at radius 3 is 2.68 bits per heavy atom. The van der Waals surface area contributed by atoms with Gasteiger partial charge in [-0.1, -0.05) is 57.0 Å². The number of aryl methyl sites for hydroxylation is 1. The lowest BCUT2D eigenvalue weighted by atomic mass is 9.78. The molecule has 0 heterocycles. The number of hydrogen-bond donors (Lipinski definition) is 1. The summed E-state index contributed by atoms with van der Waals surface area (Å²) in [5.74, 6) is 1.54. The van der Waals surface area contributed by atoms with E-state index in [0.717, 1.165) is 18.8 Å². The van der Waals surface area contributed by atoms with Gasteiger partial charge in [0.15, 0.2) is 0 Å². The van der Waals surface area contributed by atoms with Gasteiger partial charge >= 0.3 is 0 Å². The van der Waals surface area contributed by atoms with Gasteiger partial charge in [0, 0.05) is 12.5 Å². The number of carbonyl (C=O) groups excluding carboxylic acids is 1. The van der Waals surface area contributed by atoms with Crippen molar-refractivity contribution in [1.29, 1.82) is 0 Å². The molecule has 2 nitrogen and oxygen atoms in total. The summed E-state index contributed by atoms with van der Waals surface area (Å²) in [5.41, 5.74) is 1.24. The van der Waals surface area contributed by atoms with Gasteiger partial charge in [0.2, 0.25) is 5.91 Å². The molecule has 1 N–H and O–H groups in total. The third-order valence-electron chi connectivity index (χ3n) is 4.54. The van der Waals surface area contributed by atoms with Crippen LogP contribution in [0.15, 0.2) is 30.3 Å². The van der Waals surface area contributed by atoms with Gasteiger partial charge in [-0.25, -0.2) is 0 Å². The van der Waals surface area contributed by atoms with Crippen molar-refractivity contribution >= 4 is 5.91 Å². The summed E-state index contributed by atoms with van der Waals surface area (Å²) < 4.78 is 0. The Labute approximate surface area is 116 Å². The van der Waals surface area contributed by atoms with Crippen LogP contribution in [0.25, 0.3) is 0 Å². The van der Waals surface area contributed by atoms with Crippen LogP contribution in [-0.4, -0.2) is 11.9 Å². The highest BCUT2D eigenvalue weighted by Crippen LogP contribution is 2.29. The quantitative estimate of drug-likeness (QED) is 0.880. The molecule has 19 heavy (non-hydrogen) atoms. The van der Waals surface area contributed by atoms with Crippen LogP contribution in [0.4, 0.5) is 0 Å². The van der Waals surface area contributed by atoms with Crippen molar-refractivity contribution in [1.82, 2.24) is 5.32 Å². The van der Waals surface area contributed by atoms with Crippen LogP contribution in [0.3, 0.4) is 0 Å². The van der Waals surface area contributed by atoms with Gasteiger partial charge in [0.25, 0.3) is 0 Å². The minimum atomic E-state index is 0.204. The molecule has 0 spiro atoms. The van der Waals surface area contributed by atoms with Crippen LogP contribution in [0.1, 0.15) is 45.1 Å². The minimum Gasteiger partial charge on any atom is -0.353 e. The maximum atomic E-state index is 12.0. The molecule has 1 amide bonds. The first-order chi connectivity index (χ1) is 9.16. The summed E-state index contributed by atoms with van der Waals surface area (Å²) in [6, 6.07) is 10.6. The van der Waals surface area contributed by atoms with Gasteiger partial charge in [0.1, 0.15) is 0 Å². The standard InChI is InChI=1S/C17H25NO/c1-13-7-6-10-16(14(13)2)18-17(19)12-11-15-8-4-3-5-9-15/h3-5,8-9,13-14,16H,6-7,10-12H2,1-2H3,(H,18,19). The van der Waals surface area contributed by atoms with Crippen molar-refractivity contribution in [3.8, 4) is 0 Å². The second-order valence-corrected chi connectivity index (χ2v) is 5.93. The molecule has 1 aromatic carbocycles. The van der Waals surface area contributed by atoms with E-state index >= 15 is 0 Å². The maximum Gasteiger partial charge on any atom is 0.220 e. The van der Waals surface area contributed by atoms with Gasteiger partial charge in [0.05, 0.1) is 0 Å². The van der Waals surface area contributed by atoms with E-state index in [0.29, 0.717) is 18.4 Å². The zero-order valence-corrected chi connectivity index (χ0v) is 12.1. The van der Waals surface area contributed by atoms with E-state index in [1.165, 1.54) is 18.4 Å². The summed E-state index contributed by atoms with van der Waals surface area (Å²) in [6.07, 6.45) is 5.13. The first-order valence-electron chi connectivity index (χ1n) is 7.50. The van der Waals surface area contributed by atoms with Gasteiger partial charge in [-0.15, -0.1) is 0 Å². The molecule has 1 aliphatic rings. The number of carbonyl (C=O) groups is 1. The van der Waals surface area contributed by atoms with Crippen LogP contribution in [-0.2, 0) is 11.2 Å². The third kappa shape index (κ3) is 4.09. The SMILES string of the molecule is CC1CCCC(NC(=O)CCc2ccccc2)C1C. The Balaban J connectivity index is 1.78. The fourth-order valence-corrected chi connectivity index (χ4v) is 2.97. The molecular weight excluding hydrogens is 234 g/mol. The second kappa shape index (κ2) is 6.74. The summed E-state index contributed by atoms with van der Waals surface area (Å²) >= 11 is 0. The van der Waals surface area contributed by atoms with Gasteiger partial charge in [-0.05, 0) is 30.2 Å². The highest BCUT2D eigenvalue weighted by molar-refractivity contribution is 5.76. The Hall–Kier alpha value is -1.31. The predicted octanol–water partition coefficient (Wildman–Crippen LogP) is 3.56. The first kappa shape index (κ1) is 14.1. The molecule has 104 valence electrons. The average molecular weight is 259 g/mol. The molecule has 3 unspecified atom stereocenters. The Morgan fingerprint density at radius 2 is 1.95 bits per heavy atom. The van der Waals surface area contributed by atoms with E-state index in [-0.39, 0.29) is 5.91 Å². The lowest BCUT2D eigenvalue weighted by Crippen LogP contribution is -2.43. The molecule has 1 fully saturated rings. The fraction of sp³-hybridized carbons (Fsp3) is 0.588. The van der Waals surface area contributed by atoms with E-state index in [2.05, 4.69) is 31.3 Å². The summed E-state index contributed by atoms with van der Waals surface area (Å²) in [5, 5.41) is 3.23. The molecule has 0 saturated heterocycles. The Morgan fingerprint density at radius 1 is 1.21 bits per heavy atom. The van der Waals surface area contributed by atoms with E-state index in [4.69, 9.17) is 0 Å². The summed E-state index contributed by atoms with van der Waals surface area (Å²) in [4.78, 5) is 12.0. The van der Waals surface area contributed by atoms with Crippen LogP contribution >= 0.6 is 0 Å². The molecule has 1 aromatic rings. The maximum absolute atomic E-state index is 12.0. The first-order valence-corrected chi connectivity index (χ1v) is 7.50. The second-order valence-electron chi connectivity index (χ2n) is 5.93. The number of nitrogens with one attached hydrogen (secondary N) is 1. The highest BCUT2D eigenvalue weighted by atomic mass is 16.1. The minimum absolute atomic E-state index is 0.204. The van der Waals surface area contributed by atoms with Gasteiger partial charge < -0.3 is 5.32 Å². The van der Waals surface area contributed by atoms with Gasteiger partial charge in [-0.3, -0.25) is 4.79 Å². The van der Waals surface area contributed by atoms with Crippen molar-refractivity contribution in [2.45, 2.75) is 52.0 Å². The molecule has 2 heteroatoms. The number of benzene rings is 1. The zero-order chi connectivity index (χ0) is 13.7.